The Morgan fingerprint density at radius 1 is 1.35 bits per heavy atom. The molecular weight excluding hydrogens is 276 g/mol. The van der Waals surface area contributed by atoms with Gasteiger partial charge in [-0.15, -0.1) is 0 Å². The summed E-state index contributed by atoms with van der Waals surface area (Å²) in [5, 5.41) is 16.6. The molecular formula is C13H9ClN6. The number of benzene rings is 1. The van der Waals surface area contributed by atoms with Crippen molar-refractivity contribution in [2.24, 2.45) is 0 Å². The molecule has 98 valence electrons. The maximum atomic E-state index is 8.97. The van der Waals surface area contributed by atoms with Crippen LogP contribution in [0.4, 0.5) is 11.5 Å². The fraction of sp³-hybridized carbons (Fsp3) is 0.0769. The summed E-state index contributed by atoms with van der Waals surface area (Å²) in [6.45, 7) is 1.95. The van der Waals surface area contributed by atoms with Crippen LogP contribution in [0.2, 0.25) is 5.15 Å². The molecule has 20 heavy (non-hydrogen) atoms. The lowest BCUT2D eigenvalue weighted by Crippen LogP contribution is -2.03. The first-order valence-electron chi connectivity index (χ1n) is 5.81. The molecule has 6 nitrogen and oxygen atoms in total. The molecule has 3 rings (SSSR count). The molecule has 7 heteroatoms. The molecule has 0 saturated heterocycles. The van der Waals surface area contributed by atoms with E-state index in [0.29, 0.717) is 22.3 Å². The van der Waals surface area contributed by atoms with Crippen LogP contribution in [0.25, 0.3) is 5.78 Å². The van der Waals surface area contributed by atoms with Crippen LogP contribution in [0.5, 0.6) is 0 Å². The van der Waals surface area contributed by atoms with Gasteiger partial charge in [-0.25, -0.2) is 0 Å². The Bertz CT molecular complexity index is 832. The van der Waals surface area contributed by atoms with Crippen molar-refractivity contribution in [3.63, 3.8) is 0 Å². The van der Waals surface area contributed by atoms with Crippen molar-refractivity contribution in [2.75, 3.05) is 5.32 Å². The van der Waals surface area contributed by atoms with Gasteiger partial charge in [-0.05, 0) is 24.6 Å². The summed E-state index contributed by atoms with van der Waals surface area (Å²) < 4.78 is 1.55. The number of hydrogen-bond donors (Lipinski definition) is 1. The van der Waals surface area contributed by atoms with Gasteiger partial charge in [0.05, 0.1) is 11.6 Å². The minimum absolute atomic E-state index is 0.321. The fourth-order valence-corrected chi connectivity index (χ4v) is 2.02. The number of anilines is 2. The Hall–Kier alpha value is -2.65. The zero-order valence-corrected chi connectivity index (χ0v) is 11.3. The molecule has 2 heterocycles. The average Bonchev–Trinajstić information content (AvgIpc) is 2.89. The maximum Gasteiger partial charge on any atom is 0.255 e. The fourth-order valence-electron chi connectivity index (χ4n) is 1.84. The number of halogens is 1. The molecule has 0 amide bonds. The number of nitrogens with one attached hydrogen (secondary N) is 1. The van der Waals surface area contributed by atoms with Crippen molar-refractivity contribution in [1.29, 1.82) is 5.26 Å². The van der Waals surface area contributed by atoms with Crippen molar-refractivity contribution >= 4 is 28.9 Å². The normalized spacial score (nSPS) is 10.4. The predicted molar refractivity (Wildman–Crippen MR) is 75.0 cm³/mol. The maximum absolute atomic E-state index is 8.97. The van der Waals surface area contributed by atoms with Crippen molar-refractivity contribution < 1.29 is 0 Å². The number of hydrogen-bond acceptors (Lipinski definition) is 5. The third-order valence-corrected chi connectivity index (χ3v) is 3.04. The third-order valence-electron chi connectivity index (χ3n) is 2.85. The van der Waals surface area contributed by atoms with E-state index < -0.39 is 0 Å². The van der Waals surface area contributed by atoms with Gasteiger partial charge in [0, 0.05) is 11.8 Å². The summed E-state index contributed by atoms with van der Waals surface area (Å²) in [5.74, 6) is 1.05. The summed E-state index contributed by atoms with van der Waals surface area (Å²) in [7, 11) is 0. The summed E-state index contributed by atoms with van der Waals surface area (Å²) in [5.41, 5.74) is 2.39. The van der Waals surface area contributed by atoms with Gasteiger partial charge in [-0.2, -0.15) is 24.8 Å². The van der Waals surface area contributed by atoms with Crippen LogP contribution in [0.3, 0.4) is 0 Å². The van der Waals surface area contributed by atoms with E-state index in [4.69, 9.17) is 16.9 Å². The number of nitriles is 1. The second-order valence-corrected chi connectivity index (χ2v) is 4.59. The smallest absolute Gasteiger partial charge is 0.255 e. The highest BCUT2D eigenvalue weighted by molar-refractivity contribution is 6.29. The number of aromatic nitrogens is 4. The minimum Gasteiger partial charge on any atom is -0.340 e. The lowest BCUT2D eigenvalue weighted by Gasteiger charge is -2.11. The van der Waals surface area contributed by atoms with E-state index in [1.807, 2.05) is 13.0 Å². The van der Waals surface area contributed by atoms with E-state index in [0.717, 1.165) is 11.3 Å². The quantitative estimate of drug-likeness (QED) is 0.732. The largest absolute Gasteiger partial charge is 0.340 e. The first-order valence-corrected chi connectivity index (χ1v) is 6.19. The summed E-state index contributed by atoms with van der Waals surface area (Å²) in [6.07, 6.45) is 1.41. The average molecular weight is 285 g/mol. The lowest BCUT2D eigenvalue weighted by atomic mass is 10.1. The molecule has 0 bridgehead atoms. The number of nitrogens with zero attached hydrogens (tertiary/aromatic N) is 5. The monoisotopic (exact) mass is 284 g/mol. The van der Waals surface area contributed by atoms with Gasteiger partial charge >= 0.3 is 0 Å². The lowest BCUT2D eigenvalue weighted by molar-refractivity contribution is 0.947. The Balaban J connectivity index is 2.09. The highest BCUT2D eigenvalue weighted by Gasteiger charge is 2.08. The second kappa shape index (κ2) is 4.79. The molecule has 0 saturated carbocycles. The van der Waals surface area contributed by atoms with Crippen LogP contribution in [-0.2, 0) is 0 Å². The second-order valence-electron chi connectivity index (χ2n) is 4.20. The van der Waals surface area contributed by atoms with Crippen LogP contribution < -0.4 is 5.32 Å². The Morgan fingerprint density at radius 3 is 3.00 bits per heavy atom. The molecule has 0 radical (unpaired) electrons. The van der Waals surface area contributed by atoms with E-state index in [1.165, 1.54) is 6.33 Å². The van der Waals surface area contributed by atoms with Crippen molar-refractivity contribution in [1.82, 2.24) is 19.6 Å². The molecule has 0 spiro atoms. The van der Waals surface area contributed by atoms with Gasteiger partial charge in [0.1, 0.15) is 17.3 Å². The summed E-state index contributed by atoms with van der Waals surface area (Å²) in [6, 6.07) is 9.18. The van der Waals surface area contributed by atoms with Crippen LogP contribution in [0.15, 0.2) is 30.6 Å². The van der Waals surface area contributed by atoms with Crippen LogP contribution in [0.1, 0.15) is 11.1 Å². The zero-order chi connectivity index (χ0) is 14.1. The SMILES string of the molecule is Cc1ccc(C#N)cc1Nc1cc(Cl)nc2ncnn12. The zero-order valence-electron chi connectivity index (χ0n) is 10.5. The van der Waals surface area contributed by atoms with Gasteiger partial charge in [-0.1, -0.05) is 17.7 Å². The Kier molecular flexibility index (Phi) is 2.97. The molecule has 2 aromatic heterocycles. The van der Waals surface area contributed by atoms with Crippen LogP contribution in [0, 0.1) is 18.3 Å². The third kappa shape index (κ3) is 2.15. The molecule has 0 aliphatic carbocycles. The molecule has 1 aromatic carbocycles. The van der Waals surface area contributed by atoms with Gasteiger partial charge in [0.15, 0.2) is 0 Å². The molecule has 0 atom stereocenters. The van der Waals surface area contributed by atoms with Crippen molar-refractivity contribution in [3.05, 3.63) is 46.9 Å². The number of fused-ring (bicyclic) bond motifs is 1. The molecule has 0 fully saturated rings. The first kappa shape index (κ1) is 12.4. The highest BCUT2D eigenvalue weighted by Crippen LogP contribution is 2.23. The van der Waals surface area contributed by atoms with E-state index >= 15 is 0 Å². The van der Waals surface area contributed by atoms with Crippen molar-refractivity contribution in [2.45, 2.75) is 6.92 Å². The molecule has 1 N–H and O–H groups in total. The Morgan fingerprint density at radius 2 is 2.20 bits per heavy atom. The van der Waals surface area contributed by atoms with Gasteiger partial charge in [0.25, 0.3) is 5.78 Å². The van der Waals surface area contributed by atoms with Gasteiger partial charge in [0.2, 0.25) is 0 Å². The number of rotatable bonds is 2. The van der Waals surface area contributed by atoms with Crippen LogP contribution in [-0.4, -0.2) is 19.6 Å². The molecule has 0 aliphatic rings. The van der Waals surface area contributed by atoms with E-state index in [2.05, 4.69) is 26.5 Å². The minimum atomic E-state index is 0.321. The Labute approximate surface area is 119 Å². The first-order chi connectivity index (χ1) is 9.67. The molecule has 0 unspecified atom stereocenters. The van der Waals surface area contributed by atoms with E-state index in [1.54, 1.807) is 22.7 Å². The van der Waals surface area contributed by atoms with Crippen molar-refractivity contribution in [3.8, 4) is 6.07 Å². The highest BCUT2D eigenvalue weighted by atomic mass is 35.5. The number of aryl methyl sites for hydroxylation is 1. The van der Waals surface area contributed by atoms with E-state index in [9.17, 15) is 0 Å². The van der Waals surface area contributed by atoms with E-state index in [-0.39, 0.29) is 0 Å². The predicted octanol–water partition coefficient (Wildman–Crippen LogP) is 2.70. The standard InChI is InChI=1S/C13H9ClN6/c1-8-2-3-9(6-15)4-10(8)18-12-5-11(14)19-13-16-7-17-20(12)13/h2-5,7,18H,1H3. The topological polar surface area (TPSA) is 78.9 Å². The molecule has 0 aliphatic heterocycles. The summed E-state index contributed by atoms with van der Waals surface area (Å²) in [4.78, 5) is 8.06. The van der Waals surface area contributed by atoms with Crippen LogP contribution >= 0.6 is 11.6 Å². The summed E-state index contributed by atoms with van der Waals surface area (Å²) >= 11 is 5.96. The van der Waals surface area contributed by atoms with Gasteiger partial charge in [-0.3, -0.25) is 0 Å². The van der Waals surface area contributed by atoms with Gasteiger partial charge < -0.3 is 5.32 Å². The molecule has 3 aromatic rings.